The third-order valence-electron chi connectivity index (χ3n) is 5.38. The predicted molar refractivity (Wildman–Crippen MR) is 111 cm³/mol. The highest BCUT2D eigenvalue weighted by atomic mass is 19.1. The van der Waals surface area contributed by atoms with Gasteiger partial charge in [0.15, 0.2) is 5.84 Å². The minimum absolute atomic E-state index is 0.0379. The van der Waals surface area contributed by atoms with Crippen molar-refractivity contribution in [2.75, 3.05) is 33.8 Å². The van der Waals surface area contributed by atoms with E-state index in [9.17, 15) is 4.79 Å². The van der Waals surface area contributed by atoms with Crippen LogP contribution < -0.4 is 14.8 Å². The zero-order valence-electron chi connectivity index (χ0n) is 20.1. The molecule has 10 heteroatoms. The number of carbonyl (C=O) groups excluding carboxylic acids is 1. The zero-order chi connectivity index (χ0) is 25.2. The van der Waals surface area contributed by atoms with Crippen molar-refractivity contribution in [3.8, 4) is 11.5 Å². The molecular formula is C22H23F2N3O5. The number of alkyl carbamates (subject to hydrolysis) is 1. The van der Waals surface area contributed by atoms with Crippen molar-refractivity contribution in [2.24, 2.45) is 5.16 Å². The molecule has 0 radical (unpaired) electrons. The van der Waals surface area contributed by atoms with E-state index in [1.807, 2.05) is 0 Å². The summed E-state index contributed by atoms with van der Waals surface area (Å²) < 4.78 is 66.4. The van der Waals surface area contributed by atoms with E-state index in [4.69, 9.17) is 18.4 Å². The highest BCUT2D eigenvalue weighted by molar-refractivity contribution is 5.93. The summed E-state index contributed by atoms with van der Waals surface area (Å²) in [5, 5.41) is 6.61. The Morgan fingerprint density at radius 3 is 2.69 bits per heavy atom. The van der Waals surface area contributed by atoms with E-state index < -0.39 is 42.5 Å². The summed E-state index contributed by atoms with van der Waals surface area (Å²) >= 11 is 0. The summed E-state index contributed by atoms with van der Waals surface area (Å²) in [5.41, 5.74) is 0.381. The SMILES string of the molecule is [2H]C([2H])([2H])Oc1cc(F)c([C@@H]2CN3CCON=C3[C@H]2NC(=O)OCc2ccc(OC)cc2)c(F)c1. The Hall–Kier alpha value is -3.56. The van der Waals surface area contributed by atoms with Crippen molar-refractivity contribution >= 4 is 11.9 Å². The van der Waals surface area contributed by atoms with Crippen molar-refractivity contribution in [3.63, 3.8) is 0 Å². The van der Waals surface area contributed by atoms with Crippen molar-refractivity contribution in [3.05, 3.63) is 59.2 Å². The number of ether oxygens (including phenoxy) is 3. The number of carbonyl (C=O) groups is 1. The number of halogens is 2. The van der Waals surface area contributed by atoms with Crippen LogP contribution in [0.1, 0.15) is 21.2 Å². The molecule has 4 rings (SSSR count). The van der Waals surface area contributed by atoms with E-state index in [-0.39, 0.29) is 25.3 Å². The first kappa shape index (κ1) is 18.1. The molecule has 0 unspecified atom stereocenters. The first-order valence-corrected chi connectivity index (χ1v) is 9.83. The first-order chi connectivity index (χ1) is 16.6. The van der Waals surface area contributed by atoms with Crippen LogP contribution in [-0.4, -0.2) is 56.7 Å². The highest BCUT2D eigenvalue weighted by Crippen LogP contribution is 2.35. The minimum atomic E-state index is -2.86. The lowest BCUT2D eigenvalue weighted by molar-refractivity contribution is 0.105. The standard InChI is InChI=1S/C22H23F2N3O5/c1-29-14-5-3-13(4-6-14)12-31-22(28)25-20-16(11-27-7-8-32-26-21(20)27)19-17(23)9-15(30-2)10-18(19)24/h3-6,9-10,16,20H,7-8,11-12H2,1-2H3,(H,25,28)/t16-,20-/m0/s1/i2D3. The number of nitrogens with one attached hydrogen (secondary N) is 1. The molecule has 170 valence electrons. The van der Waals surface area contributed by atoms with Gasteiger partial charge in [0, 0.05) is 30.2 Å². The fourth-order valence-corrected chi connectivity index (χ4v) is 3.83. The second-order valence-electron chi connectivity index (χ2n) is 7.28. The number of hydrogen-bond donors (Lipinski definition) is 1. The van der Waals surface area contributed by atoms with E-state index in [1.54, 1.807) is 29.2 Å². The zero-order valence-corrected chi connectivity index (χ0v) is 17.1. The minimum Gasteiger partial charge on any atom is -0.497 e. The number of rotatable bonds is 6. The Bertz CT molecular complexity index is 1090. The number of hydrogen-bond acceptors (Lipinski definition) is 7. The van der Waals surface area contributed by atoms with Crippen molar-refractivity contribution in [1.82, 2.24) is 10.2 Å². The highest BCUT2D eigenvalue weighted by Gasteiger charge is 2.44. The Kier molecular flexibility index (Phi) is 5.24. The van der Waals surface area contributed by atoms with Crippen LogP contribution >= 0.6 is 0 Å². The van der Waals surface area contributed by atoms with Crippen LogP contribution in [0.25, 0.3) is 0 Å². The predicted octanol–water partition coefficient (Wildman–Crippen LogP) is 3.02. The van der Waals surface area contributed by atoms with Gasteiger partial charge in [0.1, 0.15) is 42.4 Å². The molecule has 2 aromatic rings. The summed E-state index contributed by atoms with van der Waals surface area (Å²) in [4.78, 5) is 19.5. The smallest absolute Gasteiger partial charge is 0.408 e. The summed E-state index contributed by atoms with van der Waals surface area (Å²) in [6.45, 7) is 0.807. The second-order valence-corrected chi connectivity index (χ2v) is 7.28. The Labute approximate surface area is 187 Å². The summed E-state index contributed by atoms with van der Waals surface area (Å²) in [7, 11) is -1.32. The molecule has 0 aliphatic carbocycles. The molecule has 2 heterocycles. The normalized spacial score (nSPS) is 21.3. The molecule has 1 amide bonds. The Morgan fingerprint density at radius 1 is 1.25 bits per heavy atom. The van der Waals surface area contributed by atoms with Gasteiger partial charge in [0.2, 0.25) is 0 Å². The molecule has 2 aliphatic rings. The number of oxime groups is 1. The maximum absolute atomic E-state index is 15.0. The van der Waals surface area contributed by atoms with Gasteiger partial charge in [-0.2, -0.15) is 0 Å². The fraction of sp³-hybridized carbons (Fsp3) is 0.364. The van der Waals surface area contributed by atoms with Gasteiger partial charge < -0.3 is 29.3 Å². The summed E-state index contributed by atoms with van der Waals surface area (Å²) in [6, 6.07) is 7.58. The largest absolute Gasteiger partial charge is 0.497 e. The number of amides is 1. The van der Waals surface area contributed by atoms with Gasteiger partial charge in [-0.25, -0.2) is 13.6 Å². The van der Waals surface area contributed by atoms with Crippen LogP contribution in [0, 0.1) is 11.6 Å². The van der Waals surface area contributed by atoms with E-state index in [0.717, 1.165) is 12.1 Å². The number of amidine groups is 1. The van der Waals surface area contributed by atoms with Gasteiger partial charge in [-0.05, 0) is 17.7 Å². The van der Waals surface area contributed by atoms with Gasteiger partial charge in [-0.15, -0.1) is 0 Å². The quantitative estimate of drug-likeness (QED) is 0.729. The van der Waals surface area contributed by atoms with Gasteiger partial charge in [0.05, 0.1) is 24.8 Å². The van der Waals surface area contributed by atoms with E-state index >= 15 is 8.78 Å². The number of fused-ring (bicyclic) bond motifs is 1. The molecular weight excluding hydrogens is 424 g/mol. The molecule has 0 aromatic heterocycles. The second kappa shape index (κ2) is 9.29. The van der Waals surface area contributed by atoms with E-state index in [0.29, 0.717) is 23.7 Å². The van der Waals surface area contributed by atoms with Gasteiger partial charge in [-0.1, -0.05) is 17.3 Å². The van der Waals surface area contributed by atoms with Crippen molar-refractivity contribution in [1.29, 1.82) is 0 Å². The molecule has 32 heavy (non-hydrogen) atoms. The van der Waals surface area contributed by atoms with Crippen LogP contribution in [0.3, 0.4) is 0 Å². The van der Waals surface area contributed by atoms with Gasteiger partial charge >= 0.3 is 6.09 Å². The molecule has 0 bridgehead atoms. The molecule has 1 saturated heterocycles. The van der Waals surface area contributed by atoms with Crippen LogP contribution in [0.15, 0.2) is 41.6 Å². The average Bonchev–Trinajstić information content (AvgIpc) is 3.14. The van der Waals surface area contributed by atoms with Crippen molar-refractivity contribution in [2.45, 2.75) is 18.6 Å². The third-order valence-corrected chi connectivity index (χ3v) is 5.38. The Balaban J connectivity index is 1.53. The average molecular weight is 450 g/mol. The maximum Gasteiger partial charge on any atom is 0.408 e. The lowest BCUT2D eigenvalue weighted by Crippen LogP contribution is -2.45. The Morgan fingerprint density at radius 2 is 2.00 bits per heavy atom. The molecule has 2 atom stereocenters. The lowest BCUT2D eigenvalue weighted by atomic mass is 9.92. The monoisotopic (exact) mass is 450 g/mol. The van der Waals surface area contributed by atoms with Crippen LogP contribution in [-0.2, 0) is 16.2 Å². The lowest BCUT2D eigenvalue weighted by Gasteiger charge is -2.24. The summed E-state index contributed by atoms with van der Waals surface area (Å²) in [5.74, 6) is -2.40. The number of benzene rings is 2. The first-order valence-electron chi connectivity index (χ1n) is 11.3. The molecule has 8 nitrogen and oxygen atoms in total. The van der Waals surface area contributed by atoms with E-state index in [1.165, 1.54) is 7.11 Å². The van der Waals surface area contributed by atoms with Crippen LogP contribution in [0.2, 0.25) is 0 Å². The number of methoxy groups -OCH3 is 2. The fourth-order valence-electron chi connectivity index (χ4n) is 3.83. The van der Waals surface area contributed by atoms with Crippen LogP contribution in [0.5, 0.6) is 11.5 Å². The van der Waals surface area contributed by atoms with Gasteiger partial charge in [-0.3, -0.25) is 0 Å². The molecule has 2 aromatic carbocycles. The summed E-state index contributed by atoms with van der Waals surface area (Å²) in [6.07, 6.45) is -0.811. The topological polar surface area (TPSA) is 81.6 Å². The molecule has 1 fully saturated rings. The molecule has 2 aliphatic heterocycles. The maximum atomic E-state index is 15.0. The molecule has 0 spiro atoms. The van der Waals surface area contributed by atoms with Crippen LogP contribution in [0.4, 0.5) is 13.6 Å². The third kappa shape index (κ3) is 4.39. The molecule has 1 N–H and O–H groups in total. The van der Waals surface area contributed by atoms with Gasteiger partial charge in [0.25, 0.3) is 0 Å². The van der Waals surface area contributed by atoms with E-state index in [2.05, 4.69) is 15.2 Å². The number of nitrogens with zero attached hydrogens (tertiary/aromatic N) is 2. The van der Waals surface area contributed by atoms with Crippen molar-refractivity contribution < 1.29 is 36.7 Å². The molecule has 0 saturated carbocycles.